The van der Waals surface area contributed by atoms with Crippen molar-refractivity contribution < 1.29 is 29.4 Å². The molecule has 1 rings (SSSR count). The highest BCUT2D eigenvalue weighted by atomic mass is 32.1. The van der Waals surface area contributed by atoms with Gasteiger partial charge in [0.25, 0.3) is 0 Å². The summed E-state index contributed by atoms with van der Waals surface area (Å²) in [4.78, 5) is 47.8. The molecule has 0 saturated heterocycles. The van der Waals surface area contributed by atoms with Crippen molar-refractivity contribution in [3.63, 3.8) is 0 Å². The van der Waals surface area contributed by atoms with Crippen LogP contribution in [-0.2, 0) is 25.6 Å². The van der Waals surface area contributed by atoms with Gasteiger partial charge in [-0.2, -0.15) is 12.6 Å². The SMILES string of the molecule is CC(NC(=O)C(Cc1ccccc1)NC(=O)C(N)CS)C(=O)NC(CO)C(=O)O. The summed E-state index contributed by atoms with van der Waals surface area (Å²) in [6.07, 6.45) is 0.153. The number of carbonyl (C=O) groups excluding carboxylic acids is 3. The van der Waals surface area contributed by atoms with Crippen molar-refractivity contribution in [3.8, 4) is 0 Å². The molecule has 10 nitrogen and oxygen atoms in total. The van der Waals surface area contributed by atoms with Crippen molar-refractivity contribution in [2.24, 2.45) is 5.73 Å². The number of aliphatic carboxylic acids is 1. The zero-order valence-electron chi connectivity index (χ0n) is 15.9. The first kappa shape index (κ1) is 24.4. The van der Waals surface area contributed by atoms with Crippen LogP contribution in [-0.4, -0.2) is 70.4 Å². The minimum Gasteiger partial charge on any atom is -0.480 e. The topological polar surface area (TPSA) is 171 Å². The zero-order chi connectivity index (χ0) is 22.0. The fraction of sp³-hybridized carbons (Fsp3) is 0.444. The van der Waals surface area contributed by atoms with Crippen LogP contribution in [0, 0.1) is 0 Å². The fourth-order valence-electron chi connectivity index (χ4n) is 2.28. The van der Waals surface area contributed by atoms with E-state index in [0.717, 1.165) is 5.56 Å². The van der Waals surface area contributed by atoms with Gasteiger partial charge in [0.2, 0.25) is 17.7 Å². The van der Waals surface area contributed by atoms with Crippen LogP contribution in [0.1, 0.15) is 12.5 Å². The molecule has 0 aliphatic carbocycles. The maximum Gasteiger partial charge on any atom is 0.328 e. The van der Waals surface area contributed by atoms with Gasteiger partial charge in [-0.05, 0) is 12.5 Å². The number of benzene rings is 1. The minimum atomic E-state index is -1.49. The summed E-state index contributed by atoms with van der Waals surface area (Å²) in [7, 11) is 0. The number of hydrogen-bond acceptors (Lipinski definition) is 7. The highest BCUT2D eigenvalue weighted by Gasteiger charge is 2.28. The summed E-state index contributed by atoms with van der Waals surface area (Å²) in [5, 5.41) is 24.9. The number of carboxylic acids is 1. The quantitative estimate of drug-likeness (QED) is 0.201. The third-order valence-corrected chi connectivity index (χ3v) is 4.39. The summed E-state index contributed by atoms with van der Waals surface area (Å²) in [5.41, 5.74) is 6.42. The molecule has 0 aromatic heterocycles. The second-order valence-corrected chi connectivity index (χ2v) is 6.72. The molecular formula is C18H26N4O6S. The minimum absolute atomic E-state index is 0.0854. The van der Waals surface area contributed by atoms with E-state index in [0.29, 0.717) is 0 Å². The molecule has 0 aliphatic rings. The van der Waals surface area contributed by atoms with Crippen molar-refractivity contribution in [1.82, 2.24) is 16.0 Å². The molecule has 11 heteroatoms. The molecule has 1 aromatic carbocycles. The molecule has 0 saturated carbocycles. The van der Waals surface area contributed by atoms with Crippen molar-refractivity contribution in [1.29, 1.82) is 0 Å². The number of aliphatic hydroxyl groups excluding tert-OH is 1. The molecule has 0 radical (unpaired) electrons. The summed E-state index contributed by atoms with van der Waals surface area (Å²) >= 11 is 3.96. The predicted octanol–water partition coefficient (Wildman–Crippen LogP) is -1.96. The van der Waals surface area contributed by atoms with Crippen LogP contribution in [0.5, 0.6) is 0 Å². The second-order valence-electron chi connectivity index (χ2n) is 6.35. The van der Waals surface area contributed by atoms with Crippen molar-refractivity contribution in [3.05, 3.63) is 35.9 Å². The monoisotopic (exact) mass is 426 g/mol. The molecule has 7 N–H and O–H groups in total. The summed E-state index contributed by atoms with van der Waals surface area (Å²) in [5.74, 6) is -3.33. The van der Waals surface area contributed by atoms with Crippen LogP contribution >= 0.6 is 12.6 Å². The third-order valence-electron chi connectivity index (χ3n) is 4.00. The Balaban J connectivity index is 2.85. The van der Waals surface area contributed by atoms with E-state index in [1.807, 2.05) is 0 Å². The molecule has 0 aliphatic heterocycles. The Hall–Kier alpha value is -2.63. The molecule has 0 heterocycles. The maximum absolute atomic E-state index is 12.7. The molecule has 0 bridgehead atoms. The standard InChI is InChI=1S/C18H26N4O6S/c1-10(15(24)22-14(8-23)18(27)28)20-17(26)13(21-16(25)12(19)9-29)7-11-5-3-2-4-6-11/h2-6,10,12-14,23,29H,7-9,19H2,1H3,(H,20,26)(H,21,25)(H,22,24)(H,27,28). The Morgan fingerprint density at radius 1 is 1.00 bits per heavy atom. The summed E-state index contributed by atoms with van der Waals surface area (Å²) in [6.45, 7) is 0.556. The van der Waals surface area contributed by atoms with Crippen LogP contribution < -0.4 is 21.7 Å². The summed E-state index contributed by atoms with van der Waals surface area (Å²) in [6, 6.07) is 4.40. The number of aliphatic hydroxyl groups is 1. The Kier molecular flexibility index (Phi) is 10.1. The first-order valence-electron chi connectivity index (χ1n) is 8.84. The number of amides is 3. The average molecular weight is 426 g/mol. The number of carbonyl (C=O) groups is 4. The van der Waals surface area contributed by atoms with E-state index in [2.05, 4.69) is 28.6 Å². The number of thiol groups is 1. The largest absolute Gasteiger partial charge is 0.480 e. The molecule has 160 valence electrons. The van der Waals surface area contributed by atoms with E-state index in [-0.39, 0.29) is 12.2 Å². The van der Waals surface area contributed by atoms with Crippen LogP contribution in [0.2, 0.25) is 0 Å². The molecule has 1 aromatic rings. The van der Waals surface area contributed by atoms with E-state index in [4.69, 9.17) is 15.9 Å². The van der Waals surface area contributed by atoms with Crippen LogP contribution in [0.25, 0.3) is 0 Å². The van der Waals surface area contributed by atoms with E-state index >= 15 is 0 Å². The van der Waals surface area contributed by atoms with Gasteiger partial charge in [-0.1, -0.05) is 30.3 Å². The average Bonchev–Trinajstić information content (AvgIpc) is 2.70. The van der Waals surface area contributed by atoms with Crippen LogP contribution in [0.15, 0.2) is 30.3 Å². The van der Waals surface area contributed by atoms with E-state index in [1.165, 1.54) is 6.92 Å². The van der Waals surface area contributed by atoms with Gasteiger partial charge in [-0.15, -0.1) is 0 Å². The Morgan fingerprint density at radius 3 is 2.10 bits per heavy atom. The zero-order valence-corrected chi connectivity index (χ0v) is 16.8. The molecule has 0 spiro atoms. The van der Waals surface area contributed by atoms with Gasteiger partial charge < -0.3 is 31.9 Å². The molecular weight excluding hydrogens is 400 g/mol. The van der Waals surface area contributed by atoms with E-state index in [1.54, 1.807) is 30.3 Å². The van der Waals surface area contributed by atoms with E-state index < -0.39 is 54.5 Å². The number of hydrogen-bond donors (Lipinski definition) is 7. The molecule has 0 fully saturated rings. The highest BCUT2D eigenvalue weighted by Crippen LogP contribution is 2.05. The smallest absolute Gasteiger partial charge is 0.328 e. The van der Waals surface area contributed by atoms with Crippen molar-refractivity contribution >= 4 is 36.3 Å². The first-order chi connectivity index (χ1) is 13.7. The molecule has 4 atom stereocenters. The normalized spacial score (nSPS) is 14.8. The lowest BCUT2D eigenvalue weighted by atomic mass is 10.0. The lowest BCUT2D eigenvalue weighted by Gasteiger charge is -2.23. The third kappa shape index (κ3) is 8.10. The predicted molar refractivity (Wildman–Crippen MR) is 108 cm³/mol. The van der Waals surface area contributed by atoms with Crippen molar-refractivity contribution in [2.45, 2.75) is 37.5 Å². The first-order valence-corrected chi connectivity index (χ1v) is 9.48. The van der Waals surface area contributed by atoms with Gasteiger partial charge in [-0.3, -0.25) is 14.4 Å². The van der Waals surface area contributed by atoms with Crippen molar-refractivity contribution in [2.75, 3.05) is 12.4 Å². The molecule has 29 heavy (non-hydrogen) atoms. The number of rotatable bonds is 11. The van der Waals surface area contributed by atoms with Gasteiger partial charge in [-0.25, -0.2) is 4.79 Å². The summed E-state index contributed by atoms with van der Waals surface area (Å²) < 4.78 is 0. The van der Waals surface area contributed by atoms with Gasteiger partial charge in [0, 0.05) is 12.2 Å². The lowest BCUT2D eigenvalue weighted by molar-refractivity contribution is -0.143. The van der Waals surface area contributed by atoms with Crippen LogP contribution in [0.3, 0.4) is 0 Å². The van der Waals surface area contributed by atoms with Gasteiger partial charge in [0.15, 0.2) is 0 Å². The number of nitrogens with two attached hydrogens (primary N) is 1. The van der Waals surface area contributed by atoms with Gasteiger partial charge in [0.1, 0.15) is 18.1 Å². The second kappa shape index (κ2) is 12.0. The number of carboxylic acid groups (broad SMARTS) is 1. The van der Waals surface area contributed by atoms with Gasteiger partial charge in [0.05, 0.1) is 12.6 Å². The number of nitrogens with one attached hydrogen (secondary N) is 3. The molecule has 4 unspecified atom stereocenters. The van der Waals surface area contributed by atoms with Crippen LogP contribution in [0.4, 0.5) is 0 Å². The van der Waals surface area contributed by atoms with E-state index in [9.17, 15) is 19.2 Å². The molecule has 3 amide bonds. The Labute approximate surface area is 173 Å². The Morgan fingerprint density at radius 2 is 1.59 bits per heavy atom. The maximum atomic E-state index is 12.7. The Bertz CT molecular complexity index is 718. The lowest BCUT2D eigenvalue weighted by Crippen LogP contribution is -2.57. The highest BCUT2D eigenvalue weighted by molar-refractivity contribution is 7.80. The fourth-order valence-corrected chi connectivity index (χ4v) is 2.45. The van der Waals surface area contributed by atoms with Gasteiger partial charge >= 0.3 is 5.97 Å².